The summed E-state index contributed by atoms with van der Waals surface area (Å²) in [5, 5.41) is 10.2. The molecule has 0 fully saturated rings. The van der Waals surface area contributed by atoms with Crippen molar-refractivity contribution in [3.63, 3.8) is 0 Å². The molecular weight excluding hydrogens is 220 g/mol. The Balaban J connectivity index is 2.99. The van der Waals surface area contributed by atoms with Crippen molar-refractivity contribution in [3.05, 3.63) is 15.6 Å². The number of aliphatic hydroxyl groups excluding tert-OH is 1. The second kappa shape index (κ2) is 4.77. The van der Waals surface area contributed by atoms with E-state index in [1.165, 1.54) is 11.3 Å². The van der Waals surface area contributed by atoms with Gasteiger partial charge in [-0.25, -0.2) is 4.98 Å². The smallest absolute Gasteiger partial charge is 0.186 e. The lowest BCUT2D eigenvalue weighted by Crippen LogP contribution is -2.07. The molecule has 3 nitrogen and oxygen atoms in total. The molecule has 0 aromatic carbocycles. The Kier molecular flexibility index (Phi) is 3.92. The van der Waals surface area contributed by atoms with Crippen molar-refractivity contribution in [2.75, 3.05) is 25.6 Å². The van der Waals surface area contributed by atoms with E-state index in [2.05, 4.69) is 4.98 Å². The maximum absolute atomic E-state index is 8.87. The average Bonchev–Trinajstić information content (AvgIpc) is 2.48. The van der Waals surface area contributed by atoms with E-state index in [1.807, 2.05) is 32.0 Å². The molecule has 0 aliphatic heterocycles. The van der Waals surface area contributed by atoms with Crippen molar-refractivity contribution in [2.24, 2.45) is 0 Å². The summed E-state index contributed by atoms with van der Waals surface area (Å²) in [4.78, 5) is 6.98. The molecule has 0 radical (unpaired) electrons. The first-order chi connectivity index (χ1) is 6.54. The number of hydrogen-bond donors (Lipinski definition) is 1. The predicted octanol–water partition coefficient (Wildman–Crippen LogP) is 2.26. The highest BCUT2D eigenvalue weighted by Crippen LogP contribution is 2.30. The molecule has 0 unspecified atom stereocenters. The van der Waals surface area contributed by atoms with Crippen molar-refractivity contribution >= 4 is 34.1 Å². The standard InChI is InChI=1S/C9H13ClN2OS/c1-6(5-13)4-7-8(10)11-9(14-7)12(2)3/h4,13H,5H2,1-3H3. The Morgan fingerprint density at radius 2 is 2.29 bits per heavy atom. The highest BCUT2D eigenvalue weighted by atomic mass is 35.5. The second-order valence-electron chi connectivity index (χ2n) is 3.19. The molecule has 1 heterocycles. The fourth-order valence-corrected chi connectivity index (χ4v) is 2.06. The van der Waals surface area contributed by atoms with Gasteiger partial charge < -0.3 is 10.0 Å². The minimum Gasteiger partial charge on any atom is -0.392 e. The molecule has 0 aliphatic rings. The number of rotatable bonds is 3. The molecule has 1 aromatic heterocycles. The highest BCUT2D eigenvalue weighted by Gasteiger charge is 2.08. The van der Waals surface area contributed by atoms with Gasteiger partial charge in [-0.2, -0.15) is 0 Å². The molecule has 1 rings (SSSR count). The van der Waals surface area contributed by atoms with Crippen molar-refractivity contribution < 1.29 is 5.11 Å². The van der Waals surface area contributed by atoms with E-state index in [1.54, 1.807) is 0 Å². The van der Waals surface area contributed by atoms with E-state index in [9.17, 15) is 0 Å². The Morgan fingerprint density at radius 3 is 2.71 bits per heavy atom. The van der Waals surface area contributed by atoms with Crippen LogP contribution in [0.4, 0.5) is 5.13 Å². The quantitative estimate of drug-likeness (QED) is 0.869. The molecule has 5 heteroatoms. The summed E-state index contributed by atoms with van der Waals surface area (Å²) in [6, 6.07) is 0. The Morgan fingerprint density at radius 1 is 1.64 bits per heavy atom. The van der Waals surface area contributed by atoms with Crippen molar-refractivity contribution in [1.82, 2.24) is 4.98 Å². The van der Waals surface area contributed by atoms with Gasteiger partial charge >= 0.3 is 0 Å². The van der Waals surface area contributed by atoms with Crippen LogP contribution < -0.4 is 4.90 Å². The number of anilines is 1. The van der Waals surface area contributed by atoms with Gasteiger partial charge in [0.1, 0.15) is 5.15 Å². The van der Waals surface area contributed by atoms with Crippen LogP contribution in [0.3, 0.4) is 0 Å². The first kappa shape index (κ1) is 11.5. The van der Waals surface area contributed by atoms with Crippen LogP contribution in [0, 0.1) is 0 Å². The van der Waals surface area contributed by atoms with E-state index < -0.39 is 0 Å². The maximum Gasteiger partial charge on any atom is 0.186 e. The number of hydrogen-bond acceptors (Lipinski definition) is 4. The van der Waals surface area contributed by atoms with Gasteiger partial charge in [0.2, 0.25) is 0 Å². The lowest BCUT2D eigenvalue weighted by Gasteiger charge is -2.04. The van der Waals surface area contributed by atoms with Gasteiger partial charge in [0, 0.05) is 14.1 Å². The van der Waals surface area contributed by atoms with Crippen LogP contribution in [0.2, 0.25) is 5.15 Å². The molecule has 78 valence electrons. The van der Waals surface area contributed by atoms with Crippen LogP contribution in [0.5, 0.6) is 0 Å². The summed E-state index contributed by atoms with van der Waals surface area (Å²) >= 11 is 7.44. The number of nitrogens with zero attached hydrogens (tertiary/aromatic N) is 2. The van der Waals surface area contributed by atoms with Crippen LogP contribution in [-0.4, -0.2) is 30.8 Å². The van der Waals surface area contributed by atoms with Crippen LogP contribution in [0.1, 0.15) is 11.8 Å². The molecule has 0 saturated heterocycles. The summed E-state index contributed by atoms with van der Waals surface area (Å²) < 4.78 is 0. The maximum atomic E-state index is 8.87. The summed E-state index contributed by atoms with van der Waals surface area (Å²) in [5.41, 5.74) is 0.876. The van der Waals surface area contributed by atoms with Gasteiger partial charge in [-0.3, -0.25) is 0 Å². The molecule has 1 N–H and O–H groups in total. The van der Waals surface area contributed by atoms with E-state index in [0.717, 1.165) is 15.6 Å². The molecule has 1 aromatic rings. The largest absolute Gasteiger partial charge is 0.392 e. The van der Waals surface area contributed by atoms with Crippen LogP contribution in [0.25, 0.3) is 6.08 Å². The lowest BCUT2D eigenvalue weighted by molar-refractivity contribution is 0.332. The lowest BCUT2D eigenvalue weighted by atomic mass is 10.3. The first-order valence-electron chi connectivity index (χ1n) is 4.16. The van der Waals surface area contributed by atoms with Crippen molar-refractivity contribution in [1.29, 1.82) is 0 Å². The zero-order chi connectivity index (χ0) is 10.7. The molecule has 0 amide bonds. The molecule has 0 aliphatic carbocycles. The van der Waals surface area contributed by atoms with Gasteiger partial charge in [0.15, 0.2) is 5.13 Å². The second-order valence-corrected chi connectivity index (χ2v) is 4.56. The molecule has 0 saturated carbocycles. The van der Waals surface area contributed by atoms with Crippen LogP contribution >= 0.6 is 22.9 Å². The predicted molar refractivity (Wildman–Crippen MR) is 62.2 cm³/mol. The molecule has 0 atom stereocenters. The minimum absolute atomic E-state index is 0.0471. The third-order valence-corrected chi connectivity index (χ3v) is 3.18. The number of aromatic nitrogens is 1. The zero-order valence-corrected chi connectivity index (χ0v) is 9.98. The summed E-state index contributed by atoms with van der Waals surface area (Å²) in [5.74, 6) is 0. The zero-order valence-electron chi connectivity index (χ0n) is 8.41. The summed E-state index contributed by atoms with van der Waals surface area (Å²) in [6.45, 7) is 1.90. The Hall–Kier alpha value is -0.580. The minimum atomic E-state index is 0.0471. The topological polar surface area (TPSA) is 36.4 Å². The number of thiazole rings is 1. The summed E-state index contributed by atoms with van der Waals surface area (Å²) in [7, 11) is 3.84. The fraction of sp³-hybridized carbons (Fsp3) is 0.444. The first-order valence-corrected chi connectivity index (χ1v) is 5.35. The summed E-state index contributed by atoms with van der Waals surface area (Å²) in [6.07, 6.45) is 1.85. The normalized spacial score (nSPS) is 11.9. The average molecular weight is 233 g/mol. The molecule has 0 spiro atoms. The van der Waals surface area contributed by atoms with E-state index >= 15 is 0 Å². The fourth-order valence-electron chi connectivity index (χ4n) is 0.852. The van der Waals surface area contributed by atoms with Gasteiger partial charge in [0.05, 0.1) is 11.5 Å². The van der Waals surface area contributed by atoms with Gasteiger partial charge in [-0.05, 0) is 18.6 Å². The van der Waals surface area contributed by atoms with E-state index in [0.29, 0.717) is 5.15 Å². The van der Waals surface area contributed by atoms with Gasteiger partial charge in [0.25, 0.3) is 0 Å². The van der Waals surface area contributed by atoms with Gasteiger partial charge in [-0.15, -0.1) is 0 Å². The third-order valence-electron chi connectivity index (χ3n) is 1.61. The van der Waals surface area contributed by atoms with E-state index in [-0.39, 0.29) is 6.61 Å². The Bertz CT molecular complexity index is 347. The van der Waals surface area contributed by atoms with E-state index in [4.69, 9.17) is 16.7 Å². The SMILES string of the molecule is CC(=Cc1sc(N(C)C)nc1Cl)CO. The van der Waals surface area contributed by atoms with Crippen molar-refractivity contribution in [3.8, 4) is 0 Å². The van der Waals surface area contributed by atoms with Crippen LogP contribution in [-0.2, 0) is 0 Å². The van der Waals surface area contributed by atoms with Gasteiger partial charge in [-0.1, -0.05) is 22.9 Å². The molecule has 14 heavy (non-hydrogen) atoms. The Labute approximate surface area is 92.6 Å². The van der Waals surface area contributed by atoms with Crippen molar-refractivity contribution in [2.45, 2.75) is 6.92 Å². The number of halogens is 1. The monoisotopic (exact) mass is 232 g/mol. The highest BCUT2D eigenvalue weighted by molar-refractivity contribution is 7.17. The third kappa shape index (κ3) is 2.70. The molecule has 0 bridgehead atoms. The van der Waals surface area contributed by atoms with Crippen LogP contribution in [0.15, 0.2) is 5.57 Å². The molecular formula is C9H13ClN2OS. The number of aliphatic hydroxyl groups is 1.